The quantitative estimate of drug-likeness (QED) is 0.760. The Hall–Kier alpha value is -2.38. The van der Waals surface area contributed by atoms with E-state index in [2.05, 4.69) is 5.16 Å². The van der Waals surface area contributed by atoms with Gasteiger partial charge in [0.15, 0.2) is 0 Å². The van der Waals surface area contributed by atoms with E-state index >= 15 is 0 Å². The zero-order chi connectivity index (χ0) is 19.7. The van der Waals surface area contributed by atoms with Crippen LogP contribution in [-0.2, 0) is 20.8 Å². The summed E-state index contributed by atoms with van der Waals surface area (Å²) in [4.78, 5) is 43.3. The number of fused-ring (bicyclic) bond motifs is 1. The van der Waals surface area contributed by atoms with Crippen molar-refractivity contribution in [1.82, 2.24) is 19.9 Å². The molecule has 27 heavy (non-hydrogen) atoms. The van der Waals surface area contributed by atoms with Gasteiger partial charge in [-0.15, -0.1) is 0 Å². The summed E-state index contributed by atoms with van der Waals surface area (Å²) in [7, 11) is 1.80. The summed E-state index contributed by atoms with van der Waals surface area (Å²) in [6.45, 7) is 6.92. The van der Waals surface area contributed by atoms with Gasteiger partial charge in [-0.25, -0.2) is 0 Å². The normalized spacial score (nSPS) is 24.9. The molecular weight excluding hydrogens is 348 g/mol. The van der Waals surface area contributed by atoms with E-state index < -0.39 is 0 Å². The molecule has 1 aromatic heterocycles. The first-order valence-corrected chi connectivity index (χ1v) is 9.61. The van der Waals surface area contributed by atoms with Gasteiger partial charge in [-0.2, -0.15) is 0 Å². The van der Waals surface area contributed by atoms with Crippen LogP contribution in [0.5, 0.6) is 0 Å². The lowest BCUT2D eigenvalue weighted by Gasteiger charge is -2.39. The predicted molar refractivity (Wildman–Crippen MR) is 97.7 cm³/mol. The summed E-state index contributed by atoms with van der Waals surface area (Å²) in [5.41, 5.74) is 0.724. The van der Waals surface area contributed by atoms with Crippen molar-refractivity contribution in [2.45, 2.75) is 52.1 Å². The van der Waals surface area contributed by atoms with Gasteiger partial charge in [-0.1, -0.05) is 12.1 Å². The third-order valence-corrected chi connectivity index (χ3v) is 5.73. The number of amides is 3. The van der Waals surface area contributed by atoms with Crippen LogP contribution in [0.25, 0.3) is 0 Å². The van der Waals surface area contributed by atoms with Gasteiger partial charge in [0.05, 0.1) is 30.6 Å². The number of hydrogen-bond donors (Lipinski definition) is 0. The smallest absolute Gasteiger partial charge is 0.242 e. The van der Waals surface area contributed by atoms with Crippen molar-refractivity contribution in [3.05, 3.63) is 17.5 Å². The molecule has 0 aliphatic carbocycles. The molecule has 2 aliphatic rings. The van der Waals surface area contributed by atoms with Crippen molar-refractivity contribution in [2.24, 2.45) is 5.92 Å². The third-order valence-electron chi connectivity index (χ3n) is 5.73. The molecule has 0 unspecified atom stereocenters. The molecule has 3 rings (SSSR count). The minimum atomic E-state index is -0.194. The summed E-state index contributed by atoms with van der Waals surface area (Å²) in [6.07, 6.45) is 1.44. The summed E-state index contributed by atoms with van der Waals surface area (Å²) < 4.78 is 5.12. The summed E-state index contributed by atoms with van der Waals surface area (Å²) >= 11 is 0. The van der Waals surface area contributed by atoms with Crippen LogP contribution in [0.15, 0.2) is 10.6 Å². The molecule has 3 heterocycles. The minimum Gasteiger partial charge on any atom is -0.361 e. The van der Waals surface area contributed by atoms with Gasteiger partial charge in [0.1, 0.15) is 5.76 Å². The Kier molecular flexibility index (Phi) is 5.53. The van der Waals surface area contributed by atoms with E-state index in [-0.39, 0.29) is 48.7 Å². The van der Waals surface area contributed by atoms with Gasteiger partial charge >= 0.3 is 0 Å². The first-order chi connectivity index (χ1) is 12.8. The third kappa shape index (κ3) is 3.70. The van der Waals surface area contributed by atoms with Gasteiger partial charge in [0.2, 0.25) is 17.7 Å². The number of rotatable bonds is 5. The van der Waals surface area contributed by atoms with Crippen molar-refractivity contribution >= 4 is 17.7 Å². The van der Waals surface area contributed by atoms with Crippen molar-refractivity contribution in [3.63, 3.8) is 0 Å². The summed E-state index contributed by atoms with van der Waals surface area (Å²) in [5.74, 6) is 0.174. The Balaban J connectivity index is 1.72. The van der Waals surface area contributed by atoms with Crippen LogP contribution in [-0.4, -0.2) is 76.3 Å². The van der Waals surface area contributed by atoms with E-state index in [1.54, 1.807) is 29.8 Å². The molecule has 8 heteroatoms. The Morgan fingerprint density at radius 2 is 2.11 bits per heavy atom. The molecule has 0 spiro atoms. The largest absolute Gasteiger partial charge is 0.361 e. The van der Waals surface area contributed by atoms with Crippen molar-refractivity contribution in [2.75, 3.05) is 26.7 Å². The fraction of sp³-hybridized carbons (Fsp3) is 0.684. The molecule has 2 saturated heterocycles. The first kappa shape index (κ1) is 19.4. The average Bonchev–Trinajstić information content (AvgIpc) is 3.23. The second-order valence-corrected chi connectivity index (χ2v) is 7.51. The van der Waals surface area contributed by atoms with E-state index in [9.17, 15) is 14.4 Å². The molecule has 2 fully saturated rings. The van der Waals surface area contributed by atoms with Gasteiger partial charge < -0.3 is 19.2 Å². The van der Waals surface area contributed by atoms with Crippen LogP contribution in [0.3, 0.4) is 0 Å². The molecule has 2 aliphatic heterocycles. The number of piperazine rings is 1. The van der Waals surface area contributed by atoms with E-state index in [0.717, 1.165) is 12.1 Å². The monoisotopic (exact) mass is 376 g/mol. The van der Waals surface area contributed by atoms with Crippen LogP contribution >= 0.6 is 0 Å². The lowest BCUT2D eigenvalue weighted by molar-refractivity contribution is -0.149. The molecule has 1 aromatic rings. The maximum Gasteiger partial charge on any atom is 0.242 e. The van der Waals surface area contributed by atoms with Gasteiger partial charge in [0.25, 0.3) is 0 Å². The molecular formula is C19H28N4O4. The Labute approximate surface area is 159 Å². The highest BCUT2D eigenvalue weighted by Crippen LogP contribution is 2.36. The van der Waals surface area contributed by atoms with Crippen LogP contribution < -0.4 is 0 Å². The Morgan fingerprint density at radius 1 is 1.37 bits per heavy atom. The van der Waals surface area contributed by atoms with Crippen molar-refractivity contribution < 1.29 is 18.9 Å². The molecule has 0 bridgehead atoms. The number of aromatic nitrogens is 1. The molecule has 0 saturated carbocycles. The molecule has 148 valence electrons. The zero-order valence-electron chi connectivity index (χ0n) is 16.5. The van der Waals surface area contributed by atoms with Gasteiger partial charge in [0, 0.05) is 32.2 Å². The lowest BCUT2D eigenvalue weighted by Crippen LogP contribution is -2.57. The minimum absolute atomic E-state index is 0.0590. The number of nitrogens with zero attached hydrogens (tertiary/aromatic N) is 4. The van der Waals surface area contributed by atoms with Gasteiger partial charge in [-0.3, -0.25) is 14.4 Å². The van der Waals surface area contributed by atoms with E-state index in [4.69, 9.17) is 4.52 Å². The molecule has 3 amide bonds. The summed E-state index contributed by atoms with van der Waals surface area (Å²) in [5, 5.41) is 3.79. The number of carbonyl (C=O) groups excluding carboxylic acids is 3. The predicted octanol–water partition coefficient (Wildman–Crippen LogP) is 0.842. The van der Waals surface area contributed by atoms with E-state index in [0.29, 0.717) is 25.3 Å². The lowest BCUT2D eigenvalue weighted by atomic mass is 9.95. The second kappa shape index (κ2) is 7.70. The van der Waals surface area contributed by atoms with Crippen molar-refractivity contribution in [1.29, 1.82) is 0 Å². The van der Waals surface area contributed by atoms with Crippen LogP contribution in [0.4, 0.5) is 0 Å². The highest BCUT2D eigenvalue weighted by Gasteiger charge is 2.49. The Bertz CT molecular complexity index is 731. The Morgan fingerprint density at radius 3 is 2.70 bits per heavy atom. The maximum atomic E-state index is 12.8. The summed E-state index contributed by atoms with van der Waals surface area (Å²) in [6, 6.07) is 1.54. The molecule has 3 atom stereocenters. The molecule has 0 N–H and O–H groups in total. The molecule has 8 nitrogen and oxygen atoms in total. The second-order valence-electron chi connectivity index (χ2n) is 7.51. The first-order valence-electron chi connectivity index (χ1n) is 9.61. The highest BCUT2D eigenvalue weighted by atomic mass is 16.5. The number of aryl methyl sites for hydroxylation is 1. The molecule has 0 radical (unpaired) electrons. The maximum absolute atomic E-state index is 12.8. The topological polar surface area (TPSA) is 87.0 Å². The van der Waals surface area contributed by atoms with Crippen LogP contribution in [0.1, 0.15) is 38.1 Å². The number of carbonyl (C=O) groups is 3. The zero-order valence-corrected chi connectivity index (χ0v) is 16.5. The SMILES string of the molecule is CC[C@H]1[C@@H](C(=O)N(C)CC)C[C@H]2CN(C(=O)Cc3cc(C)no3)CC(=O)N21. The fourth-order valence-corrected chi connectivity index (χ4v) is 4.28. The van der Waals surface area contributed by atoms with E-state index in [1.165, 1.54) is 0 Å². The van der Waals surface area contributed by atoms with E-state index in [1.807, 2.05) is 18.7 Å². The van der Waals surface area contributed by atoms with Crippen molar-refractivity contribution in [3.8, 4) is 0 Å². The van der Waals surface area contributed by atoms with Crippen LogP contribution in [0, 0.1) is 12.8 Å². The number of hydrogen-bond acceptors (Lipinski definition) is 5. The van der Waals surface area contributed by atoms with Gasteiger partial charge in [-0.05, 0) is 26.7 Å². The highest BCUT2D eigenvalue weighted by molar-refractivity contribution is 5.89. The average molecular weight is 376 g/mol. The molecule has 0 aromatic carbocycles. The fourth-order valence-electron chi connectivity index (χ4n) is 4.28. The van der Waals surface area contributed by atoms with Crippen LogP contribution in [0.2, 0.25) is 0 Å². The standard InChI is InChI=1S/C19H28N4O4/c1-5-16-15(19(26)21(4)6-2)8-13-10-22(11-18(25)23(13)16)17(24)9-14-7-12(3)20-27-14/h7,13,15-16H,5-6,8-11H2,1-4H3/t13-,15-,16-/m0/s1.